The van der Waals surface area contributed by atoms with Crippen molar-refractivity contribution in [2.45, 2.75) is 6.92 Å². The van der Waals surface area contributed by atoms with Crippen molar-refractivity contribution in [3.63, 3.8) is 0 Å². The first kappa shape index (κ1) is 19.4. The molecule has 0 spiro atoms. The molecule has 0 aliphatic rings. The molecule has 0 heterocycles. The predicted molar refractivity (Wildman–Crippen MR) is 89.4 cm³/mol. The molecule has 130 valence electrons. The van der Waals surface area contributed by atoms with Crippen molar-refractivity contribution in [3.8, 4) is 0 Å². The van der Waals surface area contributed by atoms with E-state index in [2.05, 4.69) is 11.9 Å². The first-order valence-corrected chi connectivity index (χ1v) is 6.94. The number of amides is 2. The number of carbonyl (C=O) groups excluding carboxylic acids is 2. The minimum Gasteiger partial charge on any atom is -0.478 e. The Balaban J connectivity index is 3.51. The van der Waals surface area contributed by atoms with Crippen molar-refractivity contribution in [2.75, 3.05) is 0 Å². The number of carbonyl (C=O) groups is 4. The van der Waals surface area contributed by atoms with Crippen LogP contribution in [0.15, 0.2) is 48.7 Å². The van der Waals surface area contributed by atoms with E-state index in [4.69, 9.17) is 10.8 Å². The number of benzene rings is 1. The molecule has 0 fully saturated rings. The standard InChI is InChI=1S/C17H16N2O6/c1-3-5-6-9(4-2)19-15(21)11-7-10(14(18)20)12(16(22)23)8-13(11)17(24)25/h3-8H,2H2,1H3,(H2,18,20)(H,19,21)(H,22,23)(H,24,25)/b5-3-,9-6+. The van der Waals surface area contributed by atoms with Crippen LogP contribution in [-0.2, 0) is 0 Å². The molecule has 5 N–H and O–H groups in total. The van der Waals surface area contributed by atoms with Crippen LogP contribution in [0.1, 0.15) is 48.4 Å². The molecule has 0 saturated heterocycles. The number of carboxylic acid groups (broad SMARTS) is 2. The molecule has 0 saturated carbocycles. The highest BCUT2D eigenvalue weighted by Gasteiger charge is 2.24. The molecule has 0 aliphatic heterocycles. The van der Waals surface area contributed by atoms with Crippen LogP contribution in [0.25, 0.3) is 0 Å². The number of aromatic carboxylic acids is 2. The number of nitrogens with two attached hydrogens (primary N) is 1. The molecule has 8 heteroatoms. The van der Waals surface area contributed by atoms with Gasteiger partial charge in [-0.15, -0.1) is 0 Å². The van der Waals surface area contributed by atoms with E-state index >= 15 is 0 Å². The third-order valence-electron chi connectivity index (χ3n) is 3.07. The number of hydrogen-bond donors (Lipinski definition) is 4. The summed E-state index contributed by atoms with van der Waals surface area (Å²) in [5.74, 6) is -5.02. The van der Waals surface area contributed by atoms with Crippen LogP contribution in [0.5, 0.6) is 0 Å². The Morgan fingerprint density at radius 3 is 2.00 bits per heavy atom. The van der Waals surface area contributed by atoms with Crippen molar-refractivity contribution in [1.82, 2.24) is 5.32 Å². The fourth-order valence-electron chi connectivity index (χ4n) is 1.90. The van der Waals surface area contributed by atoms with Gasteiger partial charge in [-0.25, -0.2) is 9.59 Å². The van der Waals surface area contributed by atoms with Gasteiger partial charge in [0, 0.05) is 5.70 Å². The van der Waals surface area contributed by atoms with Crippen molar-refractivity contribution >= 4 is 23.8 Å². The van der Waals surface area contributed by atoms with E-state index in [9.17, 15) is 24.3 Å². The second-order valence-corrected chi connectivity index (χ2v) is 4.72. The highest BCUT2D eigenvalue weighted by molar-refractivity contribution is 6.11. The van der Waals surface area contributed by atoms with Crippen LogP contribution >= 0.6 is 0 Å². The van der Waals surface area contributed by atoms with Gasteiger partial charge in [-0.1, -0.05) is 18.7 Å². The molecule has 0 aromatic heterocycles. The monoisotopic (exact) mass is 344 g/mol. The Hall–Kier alpha value is -3.68. The zero-order valence-corrected chi connectivity index (χ0v) is 13.3. The minimum atomic E-state index is -1.54. The Labute approximate surface area is 143 Å². The Bertz CT molecular complexity index is 821. The summed E-state index contributed by atoms with van der Waals surface area (Å²) in [6.45, 7) is 5.27. The molecule has 0 bridgehead atoms. The van der Waals surface area contributed by atoms with Gasteiger partial charge in [0.2, 0.25) is 5.91 Å². The first-order valence-electron chi connectivity index (χ1n) is 6.94. The van der Waals surface area contributed by atoms with E-state index in [1.165, 1.54) is 12.2 Å². The van der Waals surface area contributed by atoms with Gasteiger partial charge in [0.15, 0.2) is 0 Å². The van der Waals surface area contributed by atoms with Crippen molar-refractivity contribution in [1.29, 1.82) is 0 Å². The Morgan fingerprint density at radius 1 is 1.04 bits per heavy atom. The summed E-state index contributed by atoms with van der Waals surface area (Å²) in [4.78, 5) is 46.4. The van der Waals surface area contributed by atoms with Crippen LogP contribution in [-0.4, -0.2) is 34.0 Å². The average molecular weight is 344 g/mol. The lowest BCUT2D eigenvalue weighted by Gasteiger charge is -2.11. The van der Waals surface area contributed by atoms with E-state index in [0.29, 0.717) is 0 Å². The van der Waals surface area contributed by atoms with Gasteiger partial charge in [0.25, 0.3) is 5.91 Å². The lowest BCUT2D eigenvalue weighted by atomic mass is 9.97. The second-order valence-electron chi connectivity index (χ2n) is 4.72. The smallest absolute Gasteiger partial charge is 0.336 e. The fourth-order valence-corrected chi connectivity index (χ4v) is 1.90. The van der Waals surface area contributed by atoms with Gasteiger partial charge in [0.1, 0.15) is 0 Å². The second kappa shape index (κ2) is 8.25. The molecule has 0 unspecified atom stereocenters. The largest absolute Gasteiger partial charge is 0.478 e. The van der Waals surface area contributed by atoms with Crippen molar-refractivity contribution < 1.29 is 29.4 Å². The number of allylic oxidation sites excluding steroid dienone is 4. The summed E-state index contributed by atoms with van der Waals surface area (Å²) in [6.07, 6.45) is 6.17. The highest BCUT2D eigenvalue weighted by atomic mass is 16.4. The lowest BCUT2D eigenvalue weighted by molar-refractivity contribution is 0.0688. The Kier molecular flexibility index (Phi) is 6.39. The minimum absolute atomic E-state index is 0.280. The fraction of sp³-hybridized carbons (Fsp3) is 0.0588. The van der Waals surface area contributed by atoms with E-state index in [-0.39, 0.29) is 5.70 Å². The number of nitrogens with one attached hydrogen (secondary N) is 1. The van der Waals surface area contributed by atoms with Crippen LogP contribution < -0.4 is 11.1 Å². The zero-order valence-electron chi connectivity index (χ0n) is 13.3. The molecule has 25 heavy (non-hydrogen) atoms. The van der Waals surface area contributed by atoms with Crippen LogP contribution in [0.4, 0.5) is 0 Å². The topological polar surface area (TPSA) is 147 Å². The number of primary amides is 1. The third-order valence-corrected chi connectivity index (χ3v) is 3.07. The molecule has 1 rings (SSSR count). The zero-order chi connectivity index (χ0) is 19.1. The van der Waals surface area contributed by atoms with Gasteiger partial charge in [-0.2, -0.15) is 0 Å². The van der Waals surface area contributed by atoms with Gasteiger partial charge >= 0.3 is 11.9 Å². The van der Waals surface area contributed by atoms with Crippen LogP contribution in [0.2, 0.25) is 0 Å². The number of hydrogen-bond acceptors (Lipinski definition) is 4. The summed E-state index contributed by atoms with van der Waals surface area (Å²) in [5, 5.41) is 20.8. The van der Waals surface area contributed by atoms with Crippen molar-refractivity contribution in [2.24, 2.45) is 5.73 Å². The molecule has 1 aromatic rings. The van der Waals surface area contributed by atoms with Crippen molar-refractivity contribution in [3.05, 3.63) is 71.0 Å². The molecular formula is C17H16N2O6. The molecule has 0 radical (unpaired) electrons. The third kappa shape index (κ3) is 4.64. The summed E-state index contributed by atoms with van der Waals surface area (Å²) in [5.41, 5.74) is 3.35. The van der Waals surface area contributed by atoms with E-state index < -0.39 is 46.0 Å². The van der Waals surface area contributed by atoms with Gasteiger partial charge in [0.05, 0.1) is 22.3 Å². The molecule has 0 atom stereocenters. The van der Waals surface area contributed by atoms with E-state index in [1.54, 1.807) is 19.1 Å². The Morgan fingerprint density at radius 2 is 1.56 bits per heavy atom. The summed E-state index contributed by atoms with van der Waals surface area (Å²) >= 11 is 0. The molecule has 1 aromatic carbocycles. The molecule has 8 nitrogen and oxygen atoms in total. The summed E-state index contributed by atoms with van der Waals surface area (Å²) < 4.78 is 0. The number of carboxylic acids is 2. The van der Waals surface area contributed by atoms with E-state index in [0.717, 1.165) is 12.1 Å². The lowest BCUT2D eigenvalue weighted by Crippen LogP contribution is -2.26. The number of rotatable bonds is 7. The summed E-state index contributed by atoms with van der Waals surface area (Å²) in [7, 11) is 0. The molecule has 0 aliphatic carbocycles. The molecular weight excluding hydrogens is 328 g/mol. The normalized spacial score (nSPS) is 11.2. The van der Waals surface area contributed by atoms with E-state index in [1.807, 2.05) is 0 Å². The highest BCUT2D eigenvalue weighted by Crippen LogP contribution is 2.18. The summed E-state index contributed by atoms with van der Waals surface area (Å²) in [6, 6.07) is 1.57. The first-order chi connectivity index (χ1) is 11.7. The average Bonchev–Trinajstić information content (AvgIpc) is 2.56. The van der Waals surface area contributed by atoms with Crippen LogP contribution in [0, 0.1) is 0 Å². The maximum Gasteiger partial charge on any atom is 0.336 e. The van der Waals surface area contributed by atoms with Crippen LogP contribution in [0.3, 0.4) is 0 Å². The quantitative estimate of drug-likeness (QED) is 0.552. The van der Waals surface area contributed by atoms with Gasteiger partial charge in [-0.3, -0.25) is 9.59 Å². The van der Waals surface area contributed by atoms with Gasteiger partial charge < -0.3 is 21.3 Å². The van der Waals surface area contributed by atoms with Gasteiger partial charge in [-0.05, 0) is 31.2 Å². The predicted octanol–water partition coefficient (Wildman–Crippen LogP) is 1.56. The maximum absolute atomic E-state index is 12.4. The molecule has 2 amide bonds. The maximum atomic E-state index is 12.4. The SMILES string of the molecule is C=C/C(=C\C=C/C)NC(=O)c1cc(C(N)=O)c(C(=O)O)cc1C(=O)O.